The highest BCUT2D eigenvalue weighted by atomic mass is 14.3. The van der Waals surface area contributed by atoms with Crippen LogP contribution in [0.25, 0.3) is 0 Å². The maximum Gasteiger partial charge on any atom is 0.0297 e. The summed E-state index contributed by atoms with van der Waals surface area (Å²) in [6.07, 6.45) is 2.23. The predicted octanol–water partition coefficient (Wildman–Crippen LogP) is 29.4. The molecule has 0 aliphatic rings. The molecule has 0 amide bonds. The molecule has 0 radical (unpaired) electrons. The van der Waals surface area contributed by atoms with Crippen molar-refractivity contribution >= 4 is 0 Å². The van der Waals surface area contributed by atoms with E-state index in [1.54, 1.807) is 27.7 Å². The number of unbranched alkanes of at least 4 members (excludes halogenated alkanes) is 1. The van der Waals surface area contributed by atoms with Gasteiger partial charge in [0.1, 0.15) is 0 Å². The molecule has 0 bridgehead atoms. The van der Waals surface area contributed by atoms with Crippen molar-refractivity contribution in [1.29, 1.82) is 0 Å². The van der Waals surface area contributed by atoms with Gasteiger partial charge in [-0.25, -0.2) is 0 Å². The monoisotopic (exact) mass is 1050 g/mol. The minimum atomic E-state index is -1.73. The van der Waals surface area contributed by atoms with Crippen LogP contribution in [0.3, 0.4) is 0 Å². The van der Waals surface area contributed by atoms with E-state index in [1.807, 2.05) is 13.8 Å². The third-order valence-electron chi connectivity index (χ3n) is 13.3. The van der Waals surface area contributed by atoms with Gasteiger partial charge in [0.2, 0.25) is 0 Å². The van der Waals surface area contributed by atoms with Gasteiger partial charge in [0.05, 0.1) is 0 Å². The number of rotatable bonds is 8. The van der Waals surface area contributed by atoms with Crippen molar-refractivity contribution in [2.45, 2.75) is 402 Å². The van der Waals surface area contributed by atoms with E-state index in [0.29, 0.717) is 50.7 Å². The molecule has 0 aromatic rings. The zero-order chi connectivity index (χ0) is 72.0. The molecule has 0 unspecified atom stereocenters. The van der Waals surface area contributed by atoms with E-state index in [2.05, 4.69) is 256 Å². The van der Waals surface area contributed by atoms with Gasteiger partial charge in [-0.3, -0.25) is 0 Å². The molecule has 0 aliphatic carbocycles. The Labute approximate surface area is 488 Å². The first-order valence-electron chi connectivity index (χ1n) is 35.3. The van der Waals surface area contributed by atoms with E-state index < -0.39 is 37.8 Å². The first kappa shape index (κ1) is 74.1. The van der Waals surface area contributed by atoms with Crippen LogP contribution in [0, 0.1) is 73.4 Å². The molecular weight excluding hydrogens is 865 g/mol. The molecule has 0 heterocycles. The first-order valence-corrected chi connectivity index (χ1v) is 29.8. The first-order chi connectivity index (χ1) is 35.3. The van der Waals surface area contributed by atoms with Crippen molar-refractivity contribution in [1.82, 2.24) is 0 Å². The molecule has 0 rings (SSSR count). The lowest BCUT2D eigenvalue weighted by molar-refractivity contribution is 0.157. The van der Waals surface area contributed by atoms with Crippen molar-refractivity contribution in [2.75, 3.05) is 0 Å². The Hall–Kier alpha value is 0. The van der Waals surface area contributed by atoms with Crippen LogP contribution in [0.15, 0.2) is 0 Å². The minimum Gasteiger partial charge on any atom is -0.0654 e. The standard InChI is InChI=1S/2C8H18.C7H16.3C6H14.3C5H12.4C4H10/c2*1-7(2,3)8(4,5)6;1-6(2)7(3,4)5;2*1-5-6(2,3)4;1-5(2)6(3)4;3*1-4-5(2)3;4*1-3-4-2/h2*1-6H3;6H,1-5H3;2*5H2,1-4H3;5-6H,1-4H3;3*5H,4H2,1-3H3;4*3-4H2,1-2H3/i;;;;;;4D2,5D;;;3D2,4D2;2*3D2;. The van der Waals surface area contributed by atoms with Crippen LogP contribution in [-0.4, -0.2) is 0 Å². The van der Waals surface area contributed by atoms with Gasteiger partial charge >= 0.3 is 0 Å². The largest absolute Gasteiger partial charge is 0.0654 e. The fourth-order valence-corrected chi connectivity index (χ4v) is 0. The van der Waals surface area contributed by atoms with E-state index in [0.717, 1.165) is 29.6 Å². The third-order valence-corrected chi connectivity index (χ3v) is 13.3. The summed E-state index contributed by atoms with van der Waals surface area (Å²) in [5.74, 6) is 3.29. The van der Waals surface area contributed by atoms with Crippen LogP contribution in [0.1, 0.15) is 417 Å². The summed E-state index contributed by atoms with van der Waals surface area (Å²) < 4.78 is 76.2. The highest BCUT2D eigenvalue weighted by Crippen LogP contribution is 2.37. The molecule has 0 saturated carbocycles. The highest BCUT2D eigenvalue weighted by molar-refractivity contribution is 4.77. The summed E-state index contributed by atoms with van der Waals surface area (Å²) in [6.45, 7) is 96.8. The second kappa shape index (κ2) is 65.3. The summed E-state index contributed by atoms with van der Waals surface area (Å²) in [4.78, 5) is 0. The van der Waals surface area contributed by atoms with Gasteiger partial charge in [-0.05, 0) is 73.4 Å². The maximum atomic E-state index is 7.21. The van der Waals surface area contributed by atoms with Gasteiger partial charge in [-0.15, -0.1) is 0 Å². The zero-order valence-corrected chi connectivity index (χ0v) is 61.0. The minimum absolute atomic E-state index is 0.437. The van der Waals surface area contributed by atoms with Crippen molar-refractivity contribution in [3.05, 3.63) is 0 Å². The third kappa shape index (κ3) is 172. The van der Waals surface area contributed by atoms with Gasteiger partial charge < -0.3 is 0 Å². The van der Waals surface area contributed by atoms with Gasteiger partial charge in [0.15, 0.2) is 0 Å². The van der Waals surface area contributed by atoms with Gasteiger partial charge in [0.25, 0.3) is 0 Å². The Morgan fingerprint density at radius 2 is 0.431 bits per heavy atom. The molecule has 0 saturated heterocycles. The summed E-state index contributed by atoms with van der Waals surface area (Å²) in [6, 6.07) is 0. The Morgan fingerprint density at radius 3 is 0.431 bits per heavy atom. The molecule has 0 nitrogen and oxygen atoms in total. The molecule has 0 spiro atoms. The lowest BCUT2D eigenvalue weighted by atomic mass is 9.71. The molecule has 0 aliphatic heterocycles. The van der Waals surface area contributed by atoms with Gasteiger partial charge in [-0.1, -0.05) is 402 Å². The van der Waals surface area contributed by atoms with Crippen LogP contribution in [-0.2, 0) is 0 Å². The SMILES string of the molecule is CC(C)(C)C(C)(C)C.CC(C)(C)C(C)(C)C.CC(C)C(C)(C)C.CC(C)C(C)C.CCC(C)(C)C.CCC(C)(C)C.CCC(C)C.CCC(C)C.CCCC.[2H]C([2H])(C)C([2H])(C)C.[2H]C([2H])(C)C([2H])([2H])C.[2H]C([2H])(C)CC.[2H]C([2H])(C)CC. The Morgan fingerprint density at radius 1 is 0.306 bits per heavy atom. The van der Waals surface area contributed by atoms with Crippen LogP contribution < -0.4 is 0 Å². The van der Waals surface area contributed by atoms with Crippen molar-refractivity contribution < 1.29 is 15.1 Å². The summed E-state index contributed by atoms with van der Waals surface area (Å²) >= 11 is 0. The molecule has 0 heteroatoms. The van der Waals surface area contributed by atoms with E-state index in [4.69, 9.17) is 15.1 Å². The molecule has 0 N–H and O–H groups in total. The molecule has 0 fully saturated rings. The van der Waals surface area contributed by atoms with Crippen LogP contribution in [0.5, 0.6) is 0 Å². The maximum absolute atomic E-state index is 7.21. The van der Waals surface area contributed by atoms with E-state index >= 15 is 0 Å². The summed E-state index contributed by atoms with van der Waals surface area (Å²) in [5, 5.41) is 0. The van der Waals surface area contributed by atoms with Gasteiger partial charge in [-0.2, -0.15) is 0 Å². The van der Waals surface area contributed by atoms with Crippen molar-refractivity contribution in [3.8, 4) is 0 Å². The highest BCUT2D eigenvalue weighted by Gasteiger charge is 2.27. The molecule has 0 aromatic heterocycles. The fourth-order valence-electron chi connectivity index (χ4n) is 0. The Bertz CT molecular complexity index is 1040. The molecule has 0 atom stereocenters. The zero-order valence-electron chi connectivity index (χ0n) is 72.0. The lowest BCUT2D eigenvalue weighted by Gasteiger charge is -2.34. The Kier molecular flexibility index (Phi) is 67.2. The normalized spacial score (nSPS) is 14.4. The number of hydrogen-bond donors (Lipinski definition) is 0. The van der Waals surface area contributed by atoms with Crippen molar-refractivity contribution in [2.24, 2.45) is 73.4 Å². The topological polar surface area (TPSA) is 0 Å². The van der Waals surface area contributed by atoms with E-state index in [-0.39, 0.29) is 0 Å². The lowest BCUT2D eigenvalue weighted by Crippen LogP contribution is -2.25. The fraction of sp³-hybridized carbons (Fsp3) is 1.00. The Balaban J connectivity index is -0.0000000584. The quantitative estimate of drug-likeness (QED) is 0.227. The molecule has 458 valence electrons. The second-order valence-electron chi connectivity index (χ2n) is 28.6. The number of hydrogen-bond acceptors (Lipinski definition) is 0. The smallest absolute Gasteiger partial charge is 0.0297 e. The van der Waals surface area contributed by atoms with Crippen LogP contribution in [0.2, 0.25) is 0 Å². The molecule has 72 heavy (non-hydrogen) atoms. The van der Waals surface area contributed by atoms with E-state index in [1.165, 1.54) is 59.3 Å². The van der Waals surface area contributed by atoms with Crippen LogP contribution >= 0.6 is 0 Å². The summed E-state index contributed by atoms with van der Waals surface area (Å²) in [5.41, 5.74) is 3.33. The average molecular weight is 1050 g/mol. The average Bonchev–Trinajstić information content (AvgIpc) is 3.22. The molecular formula is C72H170. The van der Waals surface area contributed by atoms with E-state index in [9.17, 15) is 0 Å². The summed E-state index contributed by atoms with van der Waals surface area (Å²) in [7, 11) is 0. The van der Waals surface area contributed by atoms with Gasteiger partial charge in [0, 0.05) is 15.1 Å². The second-order valence-corrected chi connectivity index (χ2v) is 28.6. The predicted molar refractivity (Wildman–Crippen MR) is 359 cm³/mol. The van der Waals surface area contributed by atoms with Crippen molar-refractivity contribution in [3.63, 3.8) is 0 Å². The van der Waals surface area contributed by atoms with Crippen LogP contribution in [0.4, 0.5) is 0 Å². The molecule has 0 aromatic carbocycles.